The number of hydrogen-bond acceptors (Lipinski definition) is 4. The van der Waals surface area contributed by atoms with Crippen LogP contribution in [0.1, 0.15) is 26.7 Å². The van der Waals surface area contributed by atoms with E-state index in [-0.39, 0.29) is 12.0 Å². The Bertz CT molecular complexity index is 252. The summed E-state index contributed by atoms with van der Waals surface area (Å²) in [6.45, 7) is 4.88. The molecule has 0 bridgehead atoms. The van der Waals surface area contributed by atoms with Crippen molar-refractivity contribution in [2.75, 3.05) is 13.7 Å². The van der Waals surface area contributed by atoms with Crippen LogP contribution < -0.4 is 5.32 Å². The van der Waals surface area contributed by atoms with Crippen LogP contribution in [0.2, 0.25) is 0 Å². The summed E-state index contributed by atoms with van der Waals surface area (Å²) in [5, 5.41) is 3.28. The van der Waals surface area contributed by atoms with Gasteiger partial charge in [0.15, 0.2) is 0 Å². The molecule has 0 amide bonds. The van der Waals surface area contributed by atoms with Gasteiger partial charge in [-0.25, -0.2) is 4.79 Å². The number of ether oxygens (including phenoxy) is 1. The molecule has 0 aromatic rings. The molecular weight excluding hydrogens is 194 g/mol. The summed E-state index contributed by atoms with van der Waals surface area (Å²) in [7, 11) is 1.24. The molecule has 86 valence electrons. The standard InChI is InChI=1S/C11H19NO3/c1-7-4-5-12-9(6-7)8(2)10(13)11(14)15-3/h7-9,12H,4-6H2,1-3H3. The Labute approximate surface area is 90.4 Å². The third-order valence-electron chi connectivity index (χ3n) is 3.10. The van der Waals surface area contributed by atoms with Crippen LogP contribution in [0.15, 0.2) is 0 Å². The minimum atomic E-state index is -0.734. The van der Waals surface area contributed by atoms with Gasteiger partial charge in [-0.3, -0.25) is 4.79 Å². The van der Waals surface area contributed by atoms with Crippen molar-refractivity contribution in [1.82, 2.24) is 5.32 Å². The average molecular weight is 213 g/mol. The van der Waals surface area contributed by atoms with Gasteiger partial charge in [0.2, 0.25) is 5.78 Å². The minimum Gasteiger partial charge on any atom is -0.463 e. The molecule has 0 aromatic heterocycles. The number of methoxy groups -OCH3 is 1. The fourth-order valence-electron chi connectivity index (χ4n) is 2.00. The highest BCUT2D eigenvalue weighted by Crippen LogP contribution is 2.21. The van der Waals surface area contributed by atoms with E-state index < -0.39 is 11.8 Å². The number of Topliss-reactive ketones (excluding diaryl/α,β-unsaturated/α-hetero) is 1. The molecule has 0 aromatic carbocycles. The monoisotopic (exact) mass is 213 g/mol. The van der Waals surface area contributed by atoms with Crippen molar-refractivity contribution in [1.29, 1.82) is 0 Å². The Hall–Kier alpha value is -0.900. The van der Waals surface area contributed by atoms with Crippen molar-refractivity contribution >= 4 is 11.8 Å². The smallest absolute Gasteiger partial charge is 0.374 e. The van der Waals surface area contributed by atoms with Crippen LogP contribution in [0.5, 0.6) is 0 Å². The molecule has 1 aliphatic rings. The van der Waals surface area contributed by atoms with Crippen LogP contribution in [0.25, 0.3) is 0 Å². The Balaban J connectivity index is 2.55. The van der Waals surface area contributed by atoms with Gasteiger partial charge >= 0.3 is 5.97 Å². The predicted molar refractivity (Wildman–Crippen MR) is 56.4 cm³/mol. The lowest BCUT2D eigenvalue weighted by Gasteiger charge is -2.31. The van der Waals surface area contributed by atoms with E-state index in [2.05, 4.69) is 17.0 Å². The van der Waals surface area contributed by atoms with E-state index in [1.54, 1.807) is 6.92 Å². The first-order valence-corrected chi connectivity index (χ1v) is 5.41. The molecule has 1 saturated heterocycles. The second-order valence-electron chi connectivity index (χ2n) is 4.33. The molecule has 1 rings (SSSR count). The molecule has 15 heavy (non-hydrogen) atoms. The van der Waals surface area contributed by atoms with Crippen molar-refractivity contribution in [2.24, 2.45) is 11.8 Å². The minimum absolute atomic E-state index is 0.111. The number of ketones is 1. The van der Waals surface area contributed by atoms with Crippen molar-refractivity contribution in [3.05, 3.63) is 0 Å². The topological polar surface area (TPSA) is 55.4 Å². The summed E-state index contributed by atoms with van der Waals surface area (Å²) in [4.78, 5) is 22.6. The van der Waals surface area contributed by atoms with Gasteiger partial charge in [-0.2, -0.15) is 0 Å². The molecule has 1 fully saturated rings. The molecule has 1 N–H and O–H groups in total. The number of hydrogen-bond donors (Lipinski definition) is 1. The van der Waals surface area contributed by atoms with E-state index in [1.807, 2.05) is 0 Å². The first kappa shape index (κ1) is 12.2. The van der Waals surface area contributed by atoms with Gasteiger partial charge in [0, 0.05) is 12.0 Å². The van der Waals surface area contributed by atoms with E-state index in [1.165, 1.54) is 7.11 Å². The van der Waals surface area contributed by atoms with Gasteiger partial charge in [-0.05, 0) is 25.3 Å². The highest BCUT2D eigenvalue weighted by molar-refractivity contribution is 6.34. The van der Waals surface area contributed by atoms with Crippen molar-refractivity contribution in [3.8, 4) is 0 Å². The number of nitrogens with one attached hydrogen (secondary N) is 1. The van der Waals surface area contributed by atoms with Gasteiger partial charge < -0.3 is 10.1 Å². The summed E-state index contributed by atoms with van der Waals surface area (Å²) >= 11 is 0. The van der Waals surface area contributed by atoms with E-state index >= 15 is 0 Å². The van der Waals surface area contributed by atoms with Gasteiger partial charge in [0.05, 0.1) is 7.11 Å². The highest BCUT2D eigenvalue weighted by atomic mass is 16.5. The molecule has 4 heteroatoms. The molecule has 4 nitrogen and oxygen atoms in total. The van der Waals surface area contributed by atoms with Crippen molar-refractivity contribution < 1.29 is 14.3 Å². The number of esters is 1. The second kappa shape index (κ2) is 5.26. The zero-order chi connectivity index (χ0) is 11.4. The predicted octanol–water partition coefficient (Wildman–Crippen LogP) is 0.753. The van der Waals surface area contributed by atoms with Crippen molar-refractivity contribution in [2.45, 2.75) is 32.7 Å². The van der Waals surface area contributed by atoms with E-state index in [9.17, 15) is 9.59 Å². The molecule has 1 aliphatic heterocycles. The second-order valence-corrected chi connectivity index (χ2v) is 4.33. The maximum Gasteiger partial charge on any atom is 0.374 e. The van der Waals surface area contributed by atoms with Crippen LogP contribution in [-0.2, 0) is 14.3 Å². The average Bonchev–Trinajstić information content (AvgIpc) is 2.26. The summed E-state index contributed by atoms with van der Waals surface area (Å²) in [5.41, 5.74) is 0. The first-order valence-electron chi connectivity index (χ1n) is 5.41. The molecule has 0 saturated carbocycles. The highest BCUT2D eigenvalue weighted by Gasteiger charge is 2.31. The maximum absolute atomic E-state index is 11.6. The van der Waals surface area contributed by atoms with E-state index in [0.717, 1.165) is 19.4 Å². The van der Waals surface area contributed by atoms with Crippen molar-refractivity contribution in [3.63, 3.8) is 0 Å². The largest absolute Gasteiger partial charge is 0.463 e. The fraction of sp³-hybridized carbons (Fsp3) is 0.818. The molecule has 0 aliphatic carbocycles. The molecule has 1 heterocycles. The summed E-state index contributed by atoms with van der Waals surface area (Å²) in [5.74, 6) is -0.837. The van der Waals surface area contributed by atoms with Gasteiger partial charge in [0.25, 0.3) is 0 Å². The Morgan fingerprint density at radius 3 is 2.67 bits per heavy atom. The maximum atomic E-state index is 11.6. The van der Waals surface area contributed by atoms with Gasteiger partial charge in [0.1, 0.15) is 0 Å². The SMILES string of the molecule is COC(=O)C(=O)C(C)C1CC(C)CCN1. The molecule has 0 spiro atoms. The van der Waals surface area contributed by atoms with Gasteiger partial charge in [-0.1, -0.05) is 13.8 Å². The Morgan fingerprint density at radius 1 is 1.47 bits per heavy atom. The molecular formula is C11H19NO3. The number of piperidine rings is 1. The first-order chi connectivity index (χ1) is 7.06. The third-order valence-corrected chi connectivity index (χ3v) is 3.10. The lowest BCUT2D eigenvalue weighted by atomic mass is 9.85. The Morgan fingerprint density at radius 2 is 2.13 bits per heavy atom. The molecule has 3 atom stereocenters. The fourth-order valence-corrected chi connectivity index (χ4v) is 2.00. The zero-order valence-corrected chi connectivity index (χ0v) is 9.58. The number of rotatable bonds is 3. The lowest BCUT2D eigenvalue weighted by molar-refractivity contribution is -0.153. The van der Waals surface area contributed by atoms with Gasteiger partial charge in [-0.15, -0.1) is 0 Å². The molecule has 3 unspecified atom stereocenters. The van der Waals surface area contributed by atoms with Crippen LogP contribution in [0.4, 0.5) is 0 Å². The van der Waals surface area contributed by atoms with Crippen LogP contribution in [0, 0.1) is 11.8 Å². The summed E-state index contributed by atoms with van der Waals surface area (Å²) in [6.07, 6.45) is 2.08. The third kappa shape index (κ3) is 3.02. The summed E-state index contributed by atoms with van der Waals surface area (Å²) < 4.78 is 4.43. The molecule has 0 radical (unpaired) electrons. The lowest BCUT2D eigenvalue weighted by Crippen LogP contribution is -2.45. The Kier molecular flexibility index (Phi) is 4.27. The normalized spacial score (nSPS) is 28.2. The van der Waals surface area contributed by atoms with Crippen LogP contribution in [-0.4, -0.2) is 31.4 Å². The zero-order valence-electron chi connectivity index (χ0n) is 9.58. The summed E-state index contributed by atoms with van der Waals surface area (Å²) in [6, 6.07) is 0.111. The van der Waals surface area contributed by atoms with Crippen LogP contribution >= 0.6 is 0 Å². The number of carbonyl (C=O) groups is 2. The van der Waals surface area contributed by atoms with E-state index in [0.29, 0.717) is 5.92 Å². The number of carbonyl (C=O) groups excluding carboxylic acids is 2. The van der Waals surface area contributed by atoms with E-state index in [4.69, 9.17) is 0 Å². The van der Waals surface area contributed by atoms with Crippen LogP contribution in [0.3, 0.4) is 0 Å². The quantitative estimate of drug-likeness (QED) is 0.555.